The third kappa shape index (κ3) is 5.96. The molecule has 11 rings (SSSR count). The van der Waals surface area contributed by atoms with Gasteiger partial charge in [0.15, 0.2) is 0 Å². The van der Waals surface area contributed by atoms with Crippen molar-refractivity contribution in [3.05, 3.63) is 206 Å². The van der Waals surface area contributed by atoms with Crippen molar-refractivity contribution >= 4 is 53.1 Å². The summed E-state index contributed by atoms with van der Waals surface area (Å²) in [6.45, 7) is 0. The zero-order valence-electron chi connectivity index (χ0n) is 31.8. The van der Waals surface area contributed by atoms with Crippen LogP contribution in [0.3, 0.4) is 0 Å². The predicted octanol–water partition coefficient (Wildman–Crippen LogP) is 15.0. The summed E-state index contributed by atoms with van der Waals surface area (Å²) in [5.41, 5.74) is 13.1. The zero-order valence-corrected chi connectivity index (χ0v) is 32.6. The van der Waals surface area contributed by atoms with E-state index in [9.17, 15) is 5.26 Å². The smallest absolute Gasteiger partial charge is 0.0998 e. The molecule has 0 bridgehead atoms. The number of rotatable bonds is 6. The maximum atomic E-state index is 9.76. The van der Waals surface area contributed by atoms with Crippen LogP contribution in [0.15, 0.2) is 200 Å². The Balaban J connectivity index is 1.11. The first-order valence-corrected chi connectivity index (χ1v) is 20.5. The van der Waals surface area contributed by atoms with E-state index in [0.717, 1.165) is 50.3 Å². The Morgan fingerprint density at radius 2 is 0.966 bits per heavy atom. The Bertz CT molecular complexity index is 3380. The Morgan fingerprint density at radius 3 is 1.64 bits per heavy atom. The standard InChI is InChI=1S/C55H33N3S/c56-34-40-17-7-8-18-42(40)36-23-25-37(26-24-36)48-32-41(35-13-3-1-4-14-35)33-49(58-48)55-54-47-31-39(27-28-50(47)59-51(54)29-30-57-55)53-45-21-11-9-19-43(45)52(38-15-5-2-6-16-38)44-20-10-12-22-46(44)53/h1-33H. The SMILES string of the molecule is N#Cc1ccccc1-c1ccc(-c2cc(-c3ccccc3)cc(-c3nccc4sc5ccc(-c6c7ccccc7c(-c7ccccc7)c7ccccc67)cc5c34)n2)cc1. The van der Waals surface area contributed by atoms with E-state index in [1.807, 2.05) is 36.5 Å². The van der Waals surface area contributed by atoms with Crippen LogP contribution in [0.2, 0.25) is 0 Å². The quantitative estimate of drug-likeness (QED) is 0.158. The number of fused-ring (bicyclic) bond motifs is 5. The van der Waals surface area contributed by atoms with E-state index in [1.165, 1.54) is 58.6 Å². The van der Waals surface area contributed by atoms with Crippen LogP contribution in [0.5, 0.6) is 0 Å². The van der Waals surface area contributed by atoms with Crippen molar-refractivity contribution in [1.29, 1.82) is 5.26 Å². The van der Waals surface area contributed by atoms with E-state index in [2.05, 4.69) is 170 Å². The van der Waals surface area contributed by atoms with Gasteiger partial charge in [0.1, 0.15) is 0 Å². The maximum absolute atomic E-state index is 9.76. The monoisotopic (exact) mass is 767 g/mol. The van der Waals surface area contributed by atoms with Crippen molar-refractivity contribution in [3.63, 3.8) is 0 Å². The minimum absolute atomic E-state index is 0.655. The summed E-state index contributed by atoms with van der Waals surface area (Å²) in [6, 6.07) is 70.7. The molecule has 3 nitrogen and oxygen atoms in total. The van der Waals surface area contributed by atoms with Crippen LogP contribution < -0.4 is 0 Å². The molecule has 0 radical (unpaired) electrons. The molecule has 0 saturated carbocycles. The largest absolute Gasteiger partial charge is 0.254 e. The van der Waals surface area contributed by atoms with E-state index in [-0.39, 0.29) is 0 Å². The molecule has 0 aliphatic rings. The van der Waals surface area contributed by atoms with Gasteiger partial charge in [-0.25, -0.2) is 4.98 Å². The second kappa shape index (κ2) is 14.3. The average Bonchev–Trinajstić information content (AvgIpc) is 3.69. The van der Waals surface area contributed by atoms with Crippen LogP contribution in [0.1, 0.15) is 5.56 Å². The van der Waals surface area contributed by atoms with Crippen LogP contribution >= 0.6 is 11.3 Å². The second-order valence-electron chi connectivity index (χ2n) is 14.8. The highest BCUT2D eigenvalue weighted by molar-refractivity contribution is 7.25. The fourth-order valence-corrected chi connectivity index (χ4v) is 9.76. The lowest BCUT2D eigenvalue weighted by Crippen LogP contribution is -1.94. The van der Waals surface area contributed by atoms with E-state index < -0.39 is 0 Å². The van der Waals surface area contributed by atoms with Gasteiger partial charge < -0.3 is 0 Å². The molecule has 0 saturated heterocycles. The van der Waals surface area contributed by atoms with Gasteiger partial charge in [0.05, 0.1) is 28.7 Å². The van der Waals surface area contributed by atoms with Gasteiger partial charge in [0, 0.05) is 31.9 Å². The fraction of sp³-hybridized carbons (Fsp3) is 0. The highest BCUT2D eigenvalue weighted by atomic mass is 32.1. The van der Waals surface area contributed by atoms with Gasteiger partial charge in [-0.15, -0.1) is 11.3 Å². The van der Waals surface area contributed by atoms with Crippen molar-refractivity contribution < 1.29 is 0 Å². The topological polar surface area (TPSA) is 49.6 Å². The molecule has 0 N–H and O–H groups in total. The average molecular weight is 768 g/mol. The number of hydrogen-bond donors (Lipinski definition) is 0. The summed E-state index contributed by atoms with van der Waals surface area (Å²) in [7, 11) is 0. The summed E-state index contributed by atoms with van der Waals surface area (Å²) in [5, 5.41) is 17.0. The van der Waals surface area contributed by atoms with Gasteiger partial charge in [-0.05, 0) is 102 Å². The fourth-order valence-electron chi connectivity index (χ4n) is 8.68. The van der Waals surface area contributed by atoms with Crippen LogP contribution in [-0.2, 0) is 0 Å². The first-order valence-electron chi connectivity index (χ1n) is 19.7. The summed E-state index contributed by atoms with van der Waals surface area (Å²) in [4.78, 5) is 10.5. The molecule has 59 heavy (non-hydrogen) atoms. The zero-order chi connectivity index (χ0) is 39.3. The first kappa shape index (κ1) is 34.5. The number of aromatic nitrogens is 2. The normalized spacial score (nSPS) is 11.4. The number of nitriles is 1. The second-order valence-corrected chi connectivity index (χ2v) is 15.9. The van der Waals surface area contributed by atoms with Gasteiger partial charge in [0.2, 0.25) is 0 Å². The number of nitrogens with zero attached hydrogens (tertiary/aromatic N) is 3. The molecule has 0 unspecified atom stereocenters. The molecular weight excluding hydrogens is 735 g/mol. The lowest BCUT2D eigenvalue weighted by Gasteiger charge is -2.17. The summed E-state index contributed by atoms with van der Waals surface area (Å²) in [5.74, 6) is 0. The molecule has 11 aromatic rings. The molecular formula is C55H33N3S. The van der Waals surface area contributed by atoms with E-state index >= 15 is 0 Å². The van der Waals surface area contributed by atoms with Crippen LogP contribution in [0.4, 0.5) is 0 Å². The molecule has 0 fully saturated rings. The summed E-state index contributed by atoms with van der Waals surface area (Å²) < 4.78 is 2.38. The van der Waals surface area contributed by atoms with Crippen molar-refractivity contribution in [2.24, 2.45) is 0 Å². The van der Waals surface area contributed by atoms with Gasteiger partial charge in [-0.2, -0.15) is 5.26 Å². The number of pyridine rings is 2. The number of thiophene rings is 1. The number of benzene rings is 8. The summed E-state index contributed by atoms with van der Waals surface area (Å²) >= 11 is 1.79. The maximum Gasteiger partial charge on any atom is 0.0998 e. The van der Waals surface area contributed by atoms with Gasteiger partial charge in [0.25, 0.3) is 0 Å². The summed E-state index contributed by atoms with van der Waals surface area (Å²) in [6.07, 6.45) is 1.91. The lowest BCUT2D eigenvalue weighted by atomic mass is 9.86. The molecule has 3 aromatic heterocycles. The minimum atomic E-state index is 0.655. The Morgan fingerprint density at radius 1 is 0.407 bits per heavy atom. The Labute approximate surface area is 345 Å². The van der Waals surface area contributed by atoms with Crippen molar-refractivity contribution in [2.45, 2.75) is 0 Å². The molecule has 3 heterocycles. The minimum Gasteiger partial charge on any atom is -0.254 e. The molecule has 0 atom stereocenters. The first-order chi connectivity index (χ1) is 29.2. The van der Waals surface area contributed by atoms with Crippen molar-refractivity contribution in [2.75, 3.05) is 0 Å². The molecule has 0 spiro atoms. The van der Waals surface area contributed by atoms with Crippen LogP contribution in [0.25, 0.3) is 109 Å². The van der Waals surface area contributed by atoms with Gasteiger partial charge >= 0.3 is 0 Å². The van der Waals surface area contributed by atoms with Gasteiger partial charge in [-0.1, -0.05) is 158 Å². The van der Waals surface area contributed by atoms with Crippen molar-refractivity contribution in [1.82, 2.24) is 9.97 Å². The molecule has 274 valence electrons. The van der Waals surface area contributed by atoms with Crippen LogP contribution in [0, 0.1) is 11.3 Å². The highest BCUT2D eigenvalue weighted by Gasteiger charge is 2.20. The van der Waals surface area contributed by atoms with Crippen molar-refractivity contribution in [3.8, 4) is 73.2 Å². The van der Waals surface area contributed by atoms with E-state index in [1.54, 1.807) is 11.3 Å². The molecule has 0 aliphatic heterocycles. The Kier molecular flexibility index (Phi) is 8.40. The predicted molar refractivity (Wildman–Crippen MR) is 247 cm³/mol. The number of hydrogen-bond acceptors (Lipinski definition) is 4. The Hall–Kier alpha value is -7.71. The molecule has 8 aromatic carbocycles. The van der Waals surface area contributed by atoms with Gasteiger partial charge in [-0.3, -0.25) is 4.98 Å². The van der Waals surface area contributed by atoms with E-state index in [0.29, 0.717) is 5.56 Å². The van der Waals surface area contributed by atoms with E-state index in [4.69, 9.17) is 9.97 Å². The highest BCUT2D eigenvalue weighted by Crippen LogP contribution is 2.46. The molecule has 4 heteroatoms. The van der Waals surface area contributed by atoms with Crippen LogP contribution in [-0.4, -0.2) is 9.97 Å². The lowest BCUT2D eigenvalue weighted by molar-refractivity contribution is 1.27. The molecule has 0 amide bonds. The third-order valence-corrected chi connectivity index (χ3v) is 12.5. The third-order valence-electron chi connectivity index (χ3n) is 11.4. The molecule has 0 aliphatic carbocycles.